The molecule has 0 aliphatic carbocycles. The van der Waals surface area contributed by atoms with Gasteiger partial charge in [0.1, 0.15) is 0 Å². The fraction of sp³-hybridized carbons (Fsp3) is 0.300. The molecule has 2 nitrogen and oxygen atoms in total. The Labute approximate surface area is 99.6 Å². The van der Waals surface area contributed by atoms with Crippen molar-refractivity contribution in [3.8, 4) is 0 Å². The standard InChI is InChI=1S/C10H10Br2O2/c1-6(10(13)14)4-7-2-3-8(11)9(12)5-7/h2-3,5-6H,4H2,1H3,(H,13,14). The second-order valence-corrected chi connectivity index (χ2v) is 4.90. The van der Waals surface area contributed by atoms with E-state index in [4.69, 9.17) is 5.11 Å². The molecule has 1 aromatic carbocycles. The minimum Gasteiger partial charge on any atom is -0.481 e. The average molecular weight is 322 g/mol. The van der Waals surface area contributed by atoms with E-state index in [9.17, 15) is 4.79 Å². The predicted molar refractivity (Wildman–Crippen MR) is 62.3 cm³/mol. The number of rotatable bonds is 3. The molecule has 1 rings (SSSR count). The van der Waals surface area contributed by atoms with Gasteiger partial charge in [-0.25, -0.2) is 0 Å². The number of carbonyl (C=O) groups is 1. The number of hydrogen-bond acceptors (Lipinski definition) is 1. The zero-order chi connectivity index (χ0) is 10.7. The summed E-state index contributed by atoms with van der Waals surface area (Å²) in [6.07, 6.45) is 0.557. The quantitative estimate of drug-likeness (QED) is 0.925. The molecule has 0 amide bonds. The maximum absolute atomic E-state index is 10.6. The van der Waals surface area contributed by atoms with Gasteiger partial charge in [-0.1, -0.05) is 13.0 Å². The van der Waals surface area contributed by atoms with Gasteiger partial charge in [-0.3, -0.25) is 4.79 Å². The molecule has 0 radical (unpaired) electrons. The van der Waals surface area contributed by atoms with Crippen LogP contribution in [0.5, 0.6) is 0 Å². The van der Waals surface area contributed by atoms with E-state index in [0.29, 0.717) is 6.42 Å². The fourth-order valence-electron chi connectivity index (χ4n) is 1.11. The van der Waals surface area contributed by atoms with Gasteiger partial charge in [-0.2, -0.15) is 0 Å². The maximum atomic E-state index is 10.6. The minimum atomic E-state index is -0.760. The fourth-order valence-corrected chi connectivity index (χ4v) is 1.78. The van der Waals surface area contributed by atoms with Crippen molar-refractivity contribution in [2.45, 2.75) is 13.3 Å². The maximum Gasteiger partial charge on any atom is 0.306 e. The summed E-state index contributed by atoms with van der Waals surface area (Å²) >= 11 is 6.74. The highest BCUT2D eigenvalue weighted by Crippen LogP contribution is 2.24. The van der Waals surface area contributed by atoms with Gasteiger partial charge >= 0.3 is 5.97 Å². The topological polar surface area (TPSA) is 37.3 Å². The zero-order valence-corrected chi connectivity index (χ0v) is 10.8. The first-order valence-corrected chi connectivity index (χ1v) is 5.76. The third-order valence-corrected chi connectivity index (χ3v) is 3.83. The molecule has 76 valence electrons. The van der Waals surface area contributed by atoms with Crippen LogP contribution in [0.25, 0.3) is 0 Å². The largest absolute Gasteiger partial charge is 0.481 e. The van der Waals surface area contributed by atoms with Gasteiger partial charge in [-0.15, -0.1) is 0 Å². The van der Waals surface area contributed by atoms with Gasteiger partial charge in [0.25, 0.3) is 0 Å². The van der Waals surface area contributed by atoms with Crippen molar-refractivity contribution in [3.05, 3.63) is 32.7 Å². The molecular weight excluding hydrogens is 312 g/mol. The van der Waals surface area contributed by atoms with Crippen LogP contribution in [0.4, 0.5) is 0 Å². The first-order valence-electron chi connectivity index (χ1n) is 4.17. The van der Waals surface area contributed by atoms with Crippen molar-refractivity contribution in [1.82, 2.24) is 0 Å². The van der Waals surface area contributed by atoms with Crippen LogP contribution in [-0.2, 0) is 11.2 Å². The van der Waals surface area contributed by atoms with Crippen LogP contribution in [0.1, 0.15) is 12.5 Å². The van der Waals surface area contributed by atoms with Crippen LogP contribution < -0.4 is 0 Å². The van der Waals surface area contributed by atoms with Crippen LogP contribution in [0.2, 0.25) is 0 Å². The van der Waals surface area contributed by atoms with Gasteiger partial charge in [0.05, 0.1) is 5.92 Å². The highest BCUT2D eigenvalue weighted by Gasteiger charge is 2.11. The lowest BCUT2D eigenvalue weighted by Crippen LogP contribution is -2.12. The summed E-state index contributed by atoms with van der Waals surface area (Å²) in [7, 11) is 0. The third kappa shape index (κ3) is 3.10. The Bertz CT molecular complexity index is 350. The zero-order valence-electron chi connectivity index (χ0n) is 7.63. The first-order chi connectivity index (χ1) is 6.50. The molecule has 0 aliphatic rings. The van der Waals surface area contributed by atoms with Crippen LogP contribution in [0.3, 0.4) is 0 Å². The molecule has 0 aliphatic heterocycles. The molecule has 0 saturated carbocycles. The monoisotopic (exact) mass is 320 g/mol. The van der Waals surface area contributed by atoms with Gasteiger partial charge in [-0.05, 0) is 56.0 Å². The second-order valence-electron chi connectivity index (χ2n) is 3.19. The Hall–Kier alpha value is -0.350. The molecule has 0 spiro atoms. The van der Waals surface area contributed by atoms with Crippen molar-refractivity contribution in [3.63, 3.8) is 0 Å². The number of hydrogen-bond donors (Lipinski definition) is 1. The van der Waals surface area contributed by atoms with Crippen molar-refractivity contribution >= 4 is 37.8 Å². The Morgan fingerprint density at radius 2 is 2.07 bits per heavy atom. The number of carboxylic acids is 1. The SMILES string of the molecule is CC(Cc1ccc(Br)c(Br)c1)C(=O)O. The third-order valence-electron chi connectivity index (χ3n) is 1.95. The van der Waals surface area contributed by atoms with Gasteiger partial charge in [0.15, 0.2) is 0 Å². The van der Waals surface area contributed by atoms with Crippen LogP contribution >= 0.6 is 31.9 Å². The summed E-state index contributed by atoms with van der Waals surface area (Å²) < 4.78 is 1.93. The Balaban J connectivity index is 2.78. The summed E-state index contributed by atoms with van der Waals surface area (Å²) in [4.78, 5) is 10.6. The molecule has 0 heterocycles. The molecule has 0 bridgehead atoms. The normalized spacial score (nSPS) is 12.5. The van der Waals surface area contributed by atoms with E-state index in [-0.39, 0.29) is 5.92 Å². The summed E-state index contributed by atoms with van der Waals surface area (Å²) in [5, 5.41) is 8.75. The Morgan fingerprint density at radius 3 is 2.57 bits per heavy atom. The van der Waals surface area contributed by atoms with E-state index in [1.54, 1.807) is 6.92 Å². The number of benzene rings is 1. The van der Waals surface area contributed by atoms with Crippen molar-refractivity contribution in [2.75, 3.05) is 0 Å². The van der Waals surface area contributed by atoms with Crippen molar-refractivity contribution in [2.24, 2.45) is 5.92 Å². The van der Waals surface area contributed by atoms with E-state index in [1.165, 1.54) is 0 Å². The first kappa shape index (κ1) is 11.7. The van der Waals surface area contributed by atoms with Gasteiger partial charge in [0.2, 0.25) is 0 Å². The van der Waals surface area contributed by atoms with Crippen molar-refractivity contribution < 1.29 is 9.90 Å². The summed E-state index contributed by atoms with van der Waals surface area (Å²) in [5.41, 5.74) is 1.02. The smallest absolute Gasteiger partial charge is 0.306 e. The molecule has 4 heteroatoms. The van der Waals surface area contributed by atoms with Crippen LogP contribution in [0.15, 0.2) is 27.1 Å². The van der Waals surface area contributed by atoms with Gasteiger partial charge in [0, 0.05) is 8.95 Å². The molecule has 1 aromatic rings. The minimum absolute atomic E-state index is 0.344. The lowest BCUT2D eigenvalue weighted by atomic mass is 10.0. The summed E-state index contributed by atoms with van der Waals surface area (Å²) in [6, 6.07) is 5.77. The van der Waals surface area contributed by atoms with Gasteiger partial charge < -0.3 is 5.11 Å². The van der Waals surface area contributed by atoms with Crippen LogP contribution in [0, 0.1) is 5.92 Å². The lowest BCUT2D eigenvalue weighted by Gasteiger charge is -2.07. The van der Waals surface area contributed by atoms with E-state index in [2.05, 4.69) is 31.9 Å². The Morgan fingerprint density at radius 1 is 1.43 bits per heavy atom. The molecule has 1 unspecified atom stereocenters. The molecule has 14 heavy (non-hydrogen) atoms. The van der Waals surface area contributed by atoms with Crippen LogP contribution in [-0.4, -0.2) is 11.1 Å². The molecule has 0 aromatic heterocycles. The molecular formula is C10H10Br2O2. The average Bonchev–Trinajstić information content (AvgIpc) is 2.11. The highest BCUT2D eigenvalue weighted by molar-refractivity contribution is 9.13. The van der Waals surface area contributed by atoms with Crippen molar-refractivity contribution in [1.29, 1.82) is 0 Å². The predicted octanol–water partition coefficient (Wildman–Crippen LogP) is 3.47. The highest BCUT2D eigenvalue weighted by atomic mass is 79.9. The van der Waals surface area contributed by atoms with E-state index >= 15 is 0 Å². The molecule has 1 atom stereocenters. The number of carboxylic acid groups (broad SMARTS) is 1. The molecule has 0 saturated heterocycles. The molecule has 0 fully saturated rings. The molecule has 1 N–H and O–H groups in total. The number of aliphatic carboxylic acids is 1. The lowest BCUT2D eigenvalue weighted by molar-refractivity contribution is -0.141. The van der Waals surface area contributed by atoms with E-state index in [1.807, 2.05) is 18.2 Å². The number of halogens is 2. The van der Waals surface area contributed by atoms with E-state index in [0.717, 1.165) is 14.5 Å². The van der Waals surface area contributed by atoms with E-state index < -0.39 is 5.97 Å². The summed E-state index contributed by atoms with van der Waals surface area (Å²) in [5.74, 6) is -1.10. The second kappa shape index (κ2) is 4.94. The Kier molecular flexibility index (Phi) is 4.13. The summed E-state index contributed by atoms with van der Waals surface area (Å²) in [6.45, 7) is 1.71.